The van der Waals surface area contributed by atoms with Crippen molar-refractivity contribution in [3.05, 3.63) is 0 Å². The topological polar surface area (TPSA) is 26.0 Å². The molecule has 0 bridgehead atoms. The minimum Gasteiger partial charge on any atom is -0.302 e. The lowest BCUT2D eigenvalue weighted by Crippen LogP contribution is -2.26. The van der Waals surface area contributed by atoms with Crippen LogP contribution >= 0.6 is 12.4 Å². The Bertz CT molecular complexity index is 81.7. The van der Waals surface area contributed by atoms with Gasteiger partial charge in [-0.25, -0.2) is 4.39 Å². The van der Waals surface area contributed by atoms with Gasteiger partial charge in [-0.2, -0.15) is 0 Å². The monoisotopic (exact) mass is 167 g/mol. The first-order chi connectivity index (χ1) is 4.30. The summed E-state index contributed by atoms with van der Waals surface area (Å²) in [6.07, 6.45) is 4.54. The normalized spacial score (nSPS) is 23.4. The second-order valence-corrected chi connectivity index (χ2v) is 2.84. The highest BCUT2D eigenvalue weighted by molar-refractivity contribution is 5.85. The first kappa shape index (κ1) is 10.2. The number of alkyl halides is 1. The molecule has 2 N–H and O–H groups in total. The Morgan fingerprint density at radius 1 is 1.20 bits per heavy atom. The van der Waals surface area contributed by atoms with E-state index in [1.54, 1.807) is 0 Å². The van der Waals surface area contributed by atoms with Gasteiger partial charge in [0, 0.05) is 5.92 Å². The first-order valence-electron chi connectivity index (χ1n) is 3.70. The smallest absolute Gasteiger partial charge is 0.151 e. The molecule has 1 saturated carbocycles. The maximum atomic E-state index is 12.4. The van der Waals surface area contributed by atoms with Gasteiger partial charge in [0.25, 0.3) is 0 Å². The molecule has 1 unspecified atom stereocenters. The summed E-state index contributed by atoms with van der Waals surface area (Å²) in [6, 6.07) is 0. The van der Waals surface area contributed by atoms with Crippen molar-refractivity contribution in [3.8, 4) is 0 Å². The Labute approximate surface area is 67.6 Å². The molecule has 0 aromatic heterocycles. The average molecular weight is 168 g/mol. The van der Waals surface area contributed by atoms with Gasteiger partial charge in [0.2, 0.25) is 0 Å². The van der Waals surface area contributed by atoms with Crippen LogP contribution in [0.5, 0.6) is 0 Å². The molecule has 0 aliphatic heterocycles. The van der Waals surface area contributed by atoms with Gasteiger partial charge >= 0.3 is 0 Å². The summed E-state index contributed by atoms with van der Waals surface area (Å²) < 4.78 is 12.4. The van der Waals surface area contributed by atoms with Crippen molar-refractivity contribution in [1.29, 1.82) is 0 Å². The summed E-state index contributed by atoms with van der Waals surface area (Å²) in [4.78, 5) is 0. The van der Waals surface area contributed by atoms with Gasteiger partial charge in [-0.3, -0.25) is 0 Å². The molecule has 0 aromatic rings. The maximum Gasteiger partial charge on any atom is 0.151 e. The van der Waals surface area contributed by atoms with Crippen LogP contribution in [0.1, 0.15) is 32.1 Å². The minimum atomic E-state index is -1.06. The lowest BCUT2D eigenvalue weighted by atomic mass is 9.89. The van der Waals surface area contributed by atoms with E-state index in [1.165, 1.54) is 19.3 Å². The van der Waals surface area contributed by atoms with Crippen molar-refractivity contribution in [2.75, 3.05) is 0 Å². The molecular weight excluding hydrogens is 153 g/mol. The summed E-state index contributed by atoms with van der Waals surface area (Å²) in [5, 5.41) is 0. The van der Waals surface area contributed by atoms with E-state index >= 15 is 0 Å². The van der Waals surface area contributed by atoms with Crippen LogP contribution < -0.4 is 5.73 Å². The molecule has 1 fully saturated rings. The highest BCUT2D eigenvalue weighted by Crippen LogP contribution is 2.25. The van der Waals surface area contributed by atoms with E-state index in [2.05, 4.69) is 0 Å². The summed E-state index contributed by atoms with van der Waals surface area (Å²) in [5.41, 5.74) is 5.10. The van der Waals surface area contributed by atoms with Gasteiger partial charge in [0.05, 0.1) is 0 Å². The molecular formula is C7H15ClFN. The fourth-order valence-corrected chi connectivity index (χ4v) is 1.45. The quantitative estimate of drug-likeness (QED) is 0.596. The predicted molar refractivity (Wildman–Crippen MR) is 42.9 cm³/mol. The zero-order valence-electron chi connectivity index (χ0n) is 6.05. The molecule has 62 valence electrons. The van der Waals surface area contributed by atoms with Crippen LogP contribution in [-0.4, -0.2) is 6.30 Å². The third-order valence-electron chi connectivity index (χ3n) is 2.10. The van der Waals surface area contributed by atoms with E-state index in [-0.39, 0.29) is 18.3 Å². The molecule has 0 radical (unpaired) electrons. The van der Waals surface area contributed by atoms with Crippen LogP contribution in [0.3, 0.4) is 0 Å². The SMILES string of the molecule is Cl.NC(F)C1CCCCC1. The molecule has 1 rings (SSSR count). The number of rotatable bonds is 1. The maximum absolute atomic E-state index is 12.4. The van der Waals surface area contributed by atoms with E-state index in [4.69, 9.17) is 5.73 Å². The molecule has 0 heterocycles. The largest absolute Gasteiger partial charge is 0.302 e. The molecule has 0 spiro atoms. The summed E-state index contributed by atoms with van der Waals surface area (Å²) >= 11 is 0. The Morgan fingerprint density at radius 2 is 1.70 bits per heavy atom. The highest BCUT2D eigenvalue weighted by Gasteiger charge is 2.19. The lowest BCUT2D eigenvalue weighted by molar-refractivity contribution is 0.187. The van der Waals surface area contributed by atoms with Crippen molar-refractivity contribution in [2.24, 2.45) is 11.7 Å². The van der Waals surface area contributed by atoms with Crippen LogP contribution in [0.15, 0.2) is 0 Å². The number of hydrogen-bond donors (Lipinski definition) is 1. The van der Waals surface area contributed by atoms with Crippen molar-refractivity contribution in [2.45, 2.75) is 38.4 Å². The fraction of sp³-hybridized carbons (Fsp3) is 1.00. The van der Waals surface area contributed by atoms with E-state index in [0.29, 0.717) is 0 Å². The second-order valence-electron chi connectivity index (χ2n) is 2.84. The molecule has 10 heavy (non-hydrogen) atoms. The third kappa shape index (κ3) is 2.84. The average Bonchev–Trinajstić information content (AvgIpc) is 1.90. The second kappa shape index (κ2) is 4.91. The summed E-state index contributed by atoms with van der Waals surface area (Å²) in [6.45, 7) is 0. The van der Waals surface area contributed by atoms with E-state index in [9.17, 15) is 4.39 Å². The Hall–Kier alpha value is 0.180. The zero-order valence-corrected chi connectivity index (χ0v) is 6.87. The molecule has 0 amide bonds. The van der Waals surface area contributed by atoms with Crippen LogP contribution in [0.4, 0.5) is 4.39 Å². The van der Waals surface area contributed by atoms with Crippen molar-refractivity contribution in [1.82, 2.24) is 0 Å². The molecule has 3 heteroatoms. The summed E-state index contributed by atoms with van der Waals surface area (Å²) in [5.74, 6) is 0.166. The number of hydrogen-bond acceptors (Lipinski definition) is 1. The van der Waals surface area contributed by atoms with Gasteiger partial charge in [0.15, 0.2) is 6.30 Å². The first-order valence-corrected chi connectivity index (χ1v) is 3.70. The fourth-order valence-electron chi connectivity index (χ4n) is 1.45. The van der Waals surface area contributed by atoms with Crippen LogP contribution in [0.2, 0.25) is 0 Å². The molecule has 1 atom stereocenters. The standard InChI is InChI=1S/C7H14FN.ClH/c8-7(9)6-4-2-1-3-5-6;/h6-7H,1-5,9H2;1H. The molecule has 1 aliphatic carbocycles. The Balaban J connectivity index is 0.000000810. The van der Waals surface area contributed by atoms with Crippen molar-refractivity contribution < 1.29 is 4.39 Å². The molecule has 0 saturated heterocycles. The van der Waals surface area contributed by atoms with Crippen molar-refractivity contribution in [3.63, 3.8) is 0 Å². The minimum absolute atomic E-state index is 0. The number of nitrogens with two attached hydrogens (primary N) is 1. The zero-order chi connectivity index (χ0) is 6.69. The Morgan fingerprint density at radius 3 is 2.00 bits per heavy atom. The van der Waals surface area contributed by atoms with Crippen LogP contribution in [-0.2, 0) is 0 Å². The van der Waals surface area contributed by atoms with Crippen LogP contribution in [0.25, 0.3) is 0 Å². The van der Waals surface area contributed by atoms with Gasteiger partial charge in [0.1, 0.15) is 0 Å². The van der Waals surface area contributed by atoms with Crippen LogP contribution in [0, 0.1) is 5.92 Å². The van der Waals surface area contributed by atoms with E-state index in [0.717, 1.165) is 12.8 Å². The van der Waals surface area contributed by atoms with Gasteiger partial charge < -0.3 is 5.73 Å². The third-order valence-corrected chi connectivity index (χ3v) is 2.10. The van der Waals surface area contributed by atoms with E-state index < -0.39 is 6.30 Å². The summed E-state index contributed by atoms with van der Waals surface area (Å²) in [7, 11) is 0. The predicted octanol–water partition coefficient (Wildman–Crippen LogP) is 2.24. The highest BCUT2D eigenvalue weighted by atomic mass is 35.5. The van der Waals surface area contributed by atoms with Gasteiger partial charge in [-0.1, -0.05) is 19.3 Å². The van der Waals surface area contributed by atoms with Gasteiger partial charge in [-0.15, -0.1) is 12.4 Å². The van der Waals surface area contributed by atoms with E-state index in [1.807, 2.05) is 0 Å². The molecule has 0 aromatic carbocycles. The lowest BCUT2D eigenvalue weighted by Gasteiger charge is -2.21. The number of halogens is 2. The molecule has 1 nitrogen and oxygen atoms in total. The molecule has 1 aliphatic rings. The van der Waals surface area contributed by atoms with Gasteiger partial charge in [-0.05, 0) is 12.8 Å². The Kier molecular flexibility index (Phi) is 5.00. The van der Waals surface area contributed by atoms with Crippen molar-refractivity contribution >= 4 is 12.4 Å².